The number of hydrogen-bond acceptors (Lipinski definition) is 5. The van der Waals surface area contributed by atoms with Crippen LogP contribution in [-0.2, 0) is 4.79 Å². The van der Waals surface area contributed by atoms with E-state index in [4.69, 9.17) is 12.2 Å². The van der Waals surface area contributed by atoms with Crippen LogP contribution in [-0.4, -0.2) is 27.1 Å². The van der Waals surface area contributed by atoms with Crippen LogP contribution in [0, 0.1) is 10.1 Å². The highest BCUT2D eigenvalue weighted by Gasteiger charge is 2.28. The Balaban J connectivity index is 2.34. The van der Waals surface area contributed by atoms with Crippen molar-refractivity contribution >= 4 is 46.0 Å². The van der Waals surface area contributed by atoms with Crippen LogP contribution in [0.4, 0.5) is 5.69 Å². The molecule has 1 heterocycles. The predicted molar refractivity (Wildman–Crippen MR) is 74.0 cm³/mol. The second-order valence-electron chi connectivity index (χ2n) is 3.59. The van der Waals surface area contributed by atoms with Crippen molar-refractivity contribution in [2.24, 2.45) is 0 Å². The van der Waals surface area contributed by atoms with Gasteiger partial charge < -0.3 is 0 Å². The molecule has 1 amide bonds. The van der Waals surface area contributed by atoms with E-state index in [2.05, 4.69) is 0 Å². The summed E-state index contributed by atoms with van der Waals surface area (Å²) in [5.74, 6) is -0.184. The third-order valence-electron chi connectivity index (χ3n) is 2.37. The van der Waals surface area contributed by atoms with Gasteiger partial charge in [-0.15, -0.1) is 0 Å². The van der Waals surface area contributed by atoms with E-state index < -0.39 is 4.92 Å². The van der Waals surface area contributed by atoms with Gasteiger partial charge in [-0.25, -0.2) is 0 Å². The Morgan fingerprint density at radius 1 is 1.50 bits per heavy atom. The van der Waals surface area contributed by atoms with E-state index in [1.54, 1.807) is 25.3 Å². The second kappa shape index (κ2) is 4.87. The zero-order valence-corrected chi connectivity index (χ0v) is 11.0. The Labute approximate surface area is 113 Å². The lowest BCUT2D eigenvalue weighted by atomic mass is 10.2. The molecule has 1 aliphatic rings. The molecule has 2 rings (SSSR count). The van der Waals surface area contributed by atoms with E-state index >= 15 is 0 Å². The summed E-state index contributed by atoms with van der Waals surface area (Å²) in [7, 11) is 1.60. The molecule has 0 aliphatic carbocycles. The highest BCUT2D eigenvalue weighted by atomic mass is 32.2. The van der Waals surface area contributed by atoms with Crippen molar-refractivity contribution < 1.29 is 9.72 Å². The number of benzene rings is 1. The molecule has 0 saturated carbocycles. The molecule has 1 aromatic rings. The van der Waals surface area contributed by atoms with Gasteiger partial charge in [-0.05, 0) is 11.6 Å². The van der Waals surface area contributed by atoms with E-state index in [0.29, 0.717) is 14.8 Å². The normalized spacial score (nSPS) is 17.6. The molecule has 1 aliphatic heterocycles. The van der Waals surface area contributed by atoms with E-state index in [0.717, 1.165) is 0 Å². The minimum Gasteiger partial charge on any atom is -0.296 e. The van der Waals surface area contributed by atoms with Crippen LogP contribution >= 0.6 is 24.0 Å². The molecule has 1 saturated heterocycles. The van der Waals surface area contributed by atoms with Crippen LogP contribution in [0.1, 0.15) is 5.56 Å². The maximum Gasteiger partial charge on any atom is 0.270 e. The maximum absolute atomic E-state index is 11.8. The Hall–Kier alpha value is -1.73. The molecule has 1 fully saturated rings. The molecule has 0 N–H and O–H groups in total. The molecule has 0 unspecified atom stereocenters. The van der Waals surface area contributed by atoms with Crippen molar-refractivity contribution in [2.75, 3.05) is 7.05 Å². The van der Waals surface area contributed by atoms with Gasteiger partial charge in [0, 0.05) is 19.2 Å². The fraction of sp³-hybridized carbons (Fsp3) is 0.0909. The fourth-order valence-corrected chi connectivity index (χ4v) is 2.60. The first-order chi connectivity index (χ1) is 8.49. The van der Waals surface area contributed by atoms with Gasteiger partial charge in [0.2, 0.25) is 0 Å². The number of rotatable bonds is 2. The summed E-state index contributed by atoms with van der Waals surface area (Å²) in [6, 6.07) is 6.11. The Morgan fingerprint density at radius 2 is 2.22 bits per heavy atom. The average Bonchev–Trinajstić information content (AvgIpc) is 2.57. The summed E-state index contributed by atoms with van der Waals surface area (Å²) in [6.07, 6.45) is 1.61. The molecule has 0 aromatic heterocycles. The van der Waals surface area contributed by atoms with Crippen molar-refractivity contribution in [1.29, 1.82) is 0 Å². The summed E-state index contributed by atoms with van der Waals surface area (Å²) in [5, 5.41) is 10.6. The minimum atomic E-state index is -0.470. The molecule has 1 aromatic carbocycles. The monoisotopic (exact) mass is 280 g/mol. The topological polar surface area (TPSA) is 63.5 Å². The van der Waals surface area contributed by atoms with Gasteiger partial charge in [-0.2, -0.15) is 0 Å². The number of nitrogens with zero attached hydrogens (tertiary/aromatic N) is 2. The SMILES string of the molecule is CN1C(=O)/C(=C/c2cccc([N+](=O)[O-])c2)SC1=S. The Bertz CT molecular complexity index is 583. The molecule has 7 heteroatoms. The van der Waals surface area contributed by atoms with Gasteiger partial charge in [0.05, 0.1) is 9.83 Å². The fourth-order valence-electron chi connectivity index (χ4n) is 1.43. The van der Waals surface area contributed by atoms with E-state index in [1.165, 1.54) is 28.8 Å². The molecule has 5 nitrogen and oxygen atoms in total. The van der Waals surface area contributed by atoms with Crippen LogP contribution < -0.4 is 0 Å². The number of thiocarbonyl (C=S) groups is 1. The molecule has 18 heavy (non-hydrogen) atoms. The van der Waals surface area contributed by atoms with E-state index in [9.17, 15) is 14.9 Å². The van der Waals surface area contributed by atoms with Crippen molar-refractivity contribution in [3.05, 3.63) is 44.8 Å². The zero-order chi connectivity index (χ0) is 13.3. The number of likely N-dealkylation sites (N-methyl/N-ethyl adjacent to an activating group) is 1. The Kier molecular flexibility index (Phi) is 3.44. The first kappa shape index (κ1) is 12.7. The molecular weight excluding hydrogens is 272 g/mol. The number of non-ortho nitro benzene ring substituents is 1. The highest BCUT2D eigenvalue weighted by Crippen LogP contribution is 2.31. The first-order valence-electron chi connectivity index (χ1n) is 4.95. The molecule has 0 radical (unpaired) electrons. The number of nitro benzene ring substituents is 1. The van der Waals surface area contributed by atoms with Crippen LogP contribution in [0.5, 0.6) is 0 Å². The van der Waals surface area contributed by atoms with Crippen LogP contribution in [0.3, 0.4) is 0 Å². The molecular formula is C11H8N2O3S2. The summed E-state index contributed by atoms with van der Waals surface area (Å²) in [4.78, 5) is 23.8. The zero-order valence-electron chi connectivity index (χ0n) is 9.32. The van der Waals surface area contributed by atoms with Crippen molar-refractivity contribution in [1.82, 2.24) is 4.90 Å². The van der Waals surface area contributed by atoms with Crippen molar-refractivity contribution in [3.63, 3.8) is 0 Å². The standard InChI is InChI=1S/C11H8N2O3S2/c1-12-10(14)9(18-11(12)17)6-7-3-2-4-8(5-7)13(15)16/h2-6H,1H3/b9-6-. The van der Waals surface area contributed by atoms with Gasteiger partial charge in [-0.3, -0.25) is 19.8 Å². The summed E-state index contributed by atoms with van der Waals surface area (Å²) in [6.45, 7) is 0. The number of carbonyl (C=O) groups excluding carboxylic acids is 1. The molecule has 0 atom stereocenters. The van der Waals surface area contributed by atoms with Crippen molar-refractivity contribution in [3.8, 4) is 0 Å². The van der Waals surface area contributed by atoms with Gasteiger partial charge in [-0.1, -0.05) is 36.1 Å². The number of hydrogen-bond donors (Lipinski definition) is 0. The van der Waals surface area contributed by atoms with Crippen LogP contribution in [0.2, 0.25) is 0 Å². The van der Waals surface area contributed by atoms with Gasteiger partial charge in [0.15, 0.2) is 0 Å². The van der Waals surface area contributed by atoms with Crippen LogP contribution in [0.15, 0.2) is 29.2 Å². The summed E-state index contributed by atoms with van der Waals surface area (Å²) < 4.78 is 0.483. The van der Waals surface area contributed by atoms with E-state index in [-0.39, 0.29) is 11.6 Å². The highest BCUT2D eigenvalue weighted by molar-refractivity contribution is 8.26. The number of amides is 1. The predicted octanol–water partition coefficient (Wildman–Crippen LogP) is 2.43. The molecule has 0 spiro atoms. The lowest BCUT2D eigenvalue weighted by molar-refractivity contribution is -0.384. The molecule has 92 valence electrons. The number of thioether (sulfide) groups is 1. The van der Waals surface area contributed by atoms with Crippen molar-refractivity contribution in [2.45, 2.75) is 0 Å². The largest absolute Gasteiger partial charge is 0.296 e. The van der Waals surface area contributed by atoms with Gasteiger partial charge >= 0.3 is 0 Å². The minimum absolute atomic E-state index is 0.00396. The summed E-state index contributed by atoms with van der Waals surface area (Å²) >= 11 is 6.19. The Morgan fingerprint density at radius 3 is 2.78 bits per heavy atom. The molecule has 0 bridgehead atoms. The quantitative estimate of drug-likeness (QED) is 0.360. The third-order valence-corrected chi connectivity index (χ3v) is 3.85. The van der Waals surface area contributed by atoms with E-state index in [1.807, 2.05) is 0 Å². The lowest BCUT2D eigenvalue weighted by Crippen LogP contribution is -2.22. The summed E-state index contributed by atoms with van der Waals surface area (Å²) in [5.41, 5.74) is 0.605. The smallest absolute Gasteiger partial charge is 0.270 e. The van der Waals surface area contributed by atoms with Gasteiger partial charge in [0.1, 0.15) is 4.32 Å². The maximum atomic E-state index is 11.8. The van der Waals surface area contributed by atoms with Gasteiger partial charge in [0.25, 0.3) is 11.6 Å². The second-order valence-corrected chi connectivity index (χ2v) is 5.27. The lowest BCUT2D eigenvalue weighted by Gasteiger charge is -2.03. The first-order valence-corrected chi connectivity index (χ1v) is 6.17. The number of nitro groups is 1. The number of carbonyl (C=O) groups is 1. The average molecular weight is 280 g/mol. The third kappa shape index (κ3) is 2.41. The van der Waals surface area contributed by atoms with Crippen LogP contribution in [0.25, 0.3) is 6.08 Å².